The molecule has 7 nitrogen and oxygen atoms in total. The van der Waals surface area contributed by atoms with E-state index in [1.165, 1.54) is 0 Å². The normalized spacial score (nSPS) is 35.5. The van der Waals surface area contributed by atoms with Crippen molar-refractivity contribution < 1.29 is 13.9 Å². The van der Waals surface area contributed by atoms with Crippen LogP contribution < -0.4 is 15.5 Å². The summed E-state index contributed by atoms with van der Waals surface area (Å²) in [6.07, 6.45) is 6.79. The van der Waals surface area contributed by atoms with Crippen LogP contribution in [0.5, 0.6) is 0 Å². The quantitative estimate of drug-likeness (QED) is 0.666. The topological polar surface area (TPSA) is 80.6 Å². The third-order valence-electron chi connectivity index (χ3n) is 8.81. The van der Waals surface area contributed by atoms with Gasteiger partial charge in [-0.3, -0.25) is 9.69 Å². The van der Waals surface area contributed by atoms with Crippen molar-refractivity contribution in [2.75, 3.05) is 31.2 Å². The molecule has 0 spiro atoms. The summed E-state index contributed by atoms with van der Waals surface area (Å²) in [5, 5.41) is 15.8. The van der Waals surface area contributed by atoms with Crippen molar-refractivity contribution in [2.45, 2.75) is 81.2 Å². The number of likely N-dealkylation sites (tertiary alicyclic amines) is 1. The lowest BCUT2D eigenvalue weighted by atomic mass is 9.98. The van der Waals surface area contributed by atoms with Crippen molar-refractivity contribution in [2.24, 2.45) is 5.92 Å². The third kappa shape index (κ3) is 4.08. The van der Waals surface area contributed by atoms with E-state index >= 15 is 4.39 Å². The number of benzene rings is 1. The van der Waals surface area contributed by atoms with Crippen LogP contribution in [0.4, 0.5) is 10.1 Å². The molecule has 4 heterocycles. The molecule has 4 bridgehead atoms. The maximum absolute atomic E-state index is 15.2. The molecule has 0 aromatic heterocycles. The number of fused-ring (bicyclic) bond motifs is 4. The first kappa shape index (κ1) is 22.3. The van der Waals surface area contributed by atoms with Gasteiger partial charge in [0.2, 0.25) is 5.91 Å². The first-order chi connectivity index (χ1) is 16.6. The molecule has 0 radical (unpaired) electrons. The maximum atomic E-state index is 15.2. The van der Waals surface area contributed by atoms with Crippen LogP contribution in [-0.2, 0) is 16.0 Å². The lowest BCUT2D eigenvalue weighted by Gasteiger charge is -2.44. The lowest BCUT2D eigenvalue weighted by molar-refractivity contribution is -0.124. The van der Waals surface area contributed by atoms with Gasteiger partial charge in [0.25, 0.3) is 0 Å². The van der Waals surface area contributed by atoms with Crippen LogP contribution in [0.1, 0.15) is 44.1 Å². The second kappa shape index (κ2) is 9.10. The molecular weight excluding hydrogens is 433 g/mol. The fourth-order valence-electron chi connectivity index (χ4n) is 7.09. The van der Waals surface area contributed by atoms with Crippen LogP contribution in [0.15, 0.2) is 18.2 Å². The number of carbonyl (C=O) groups is 1. The number of piperidine rings is 1. The number of halogens is 1. The maximum Gasteiger partial charge on any atom is 0.238 e. The summed E-state index contributed by atoms with van der Waals surface area (Å²) < 4.78 is 20.8. The lowest BCUT2D eigenvalue weighted by Crippen LogP contribution is -2.56. The first-order valence-electron chi connectivity index (χ1n) is 12.9. The minimum Gasteiger partial charge on any atom is -0.380 e. The number of amides is 1. The fraction of sp³-hybridized carbons (Fsp3) is 0.692. The molecule has 2 N–H and O–H groups in total. The van der Waals surface area contributed by atoms with Crippen molar-refractivity contribution in [3.05, 3.63) is 29.6 Å². The molecule has 5 aliphatic rings. The summed E-state index contributed by atoms with van der Waals surface area (Å²) in [7, 11) is 0. The Hall–Kier alpha value is -2.21. The highest BCUT2D eigenvalue weighted by Gasteiger charge is 2.44. The van der Waals surface area contributed by atoms with Gasteiger partial charge in [0.05, 0.1) is 18.7 Å². The number of nitrogens with zero attached hydrogens (tertiary/aromatic N) is 3. The van der Waals surface area contributed by atoms with Crippen LogP contribution in [-0.4, -0.2) is 73.4 Å². The molecule has 4 aliphatic heterocycles. The number of nitriles is 1. The van der Waals surface area contributed by atoms with Gasteiger partial charge in [0.1, 0.15) is 11.9 Å². The molecule has 1 aliphatic carbocycles. The highest BCUT2D eigenvalue weighted by Crippen LogP contribution is 2.37. The van der Waals surface area contributed by atoms with E-state index in [1.807, 2.05) is 6.07 Å². The molecular formula is C26H34FN5O2. The number of hydrogen-bond acceptors (Lipinski definition) is 6. The standard InChI is InChI=1S/C26H34FN5O2/c27-24-11-20(32-21-5-6-22(32)14-31(13-21)23-7-8-34-15-23)4-2-16(24)9-19(12-28)30-26(33)25-17-1-3-18(10-17)29-25/h2,4,11,17-19,21-23,25,29H,1,3,5-10,13-15H2,(H,30,33). The molecule has 4 saturated heterocycles. The van der Waals surface area contributed by atoms with Gasteiger partial charge in [0.15, 0.2) is 0 Å². The highest BCUT2D eigenvalue weighted by molar-refractivity contribution is 5.83. The molecule has 1 aromatic carbocycles. The Morgan fingerprint density at radius 1 is 1.21 bits per heavy atom. The van der Waals surface area contributed by atoms with Gasteiger partial charge in [-0.25, -0.2) is 4.39 Å². The average molecular weight is 468 g/mol. The molecule has 7 atom stereocenters. The summed E-state index contributed by atoms with van der Waals surface area (Å²) in [5.74, 6) is -0.0636. The minimum absolute atomic E-state index is 0.127. The zero-order chi connectivity index (χ0) is 23.2. The van der Waals surface area contributed by atoms with E-state index in [-0.39, 0.29) is 24.2 Å². The molecule has 182 valence electrons. The Bertz CT molecular complexity index is 962. The summed E-state index contributed by atoms with van der Waals surface area (Å²) >= 11 is 0. The number of rotatable bonds is 6. The Labute approximate surface area is 200 Å². The highest BCUT2D eigenvalue weighted by atomic mass is 19.1. The zero-order valence-electron chi connectivity index (χ0n) is 19.6. The number of piperazine rings is 1. The van der Waals surface area contributed by atoms with Gasteiger partial charge in [-0.2, -0.15) is 5.26 Å². The predicted octanol–water partition coefficient (Wildman–Crippen LogP) is 1.96. The summed E-state index contributed by atoms with van der Waals surface area (Å²) in [6.45, 7) is 3.70. The fourth-order valence-corrected chi connectivity index (χ4v) is 7.09. The number of anilines is 1. The van der Waals surface area contributed by atoms with Gasteiger partial charge in [-0.15, -0.1) is 0 Å². The second-order valence-electron chi connectivity index (χ2n) is 10.8. The minimum atomic E-state index is -0.734. The van der Waals surface area contributed by atoms with Crippen LogP contribution >= 0.6 is 0 Å². The van der Waals surface area contributed by atoms with Gasteiger partial charge < -0.3 is 20.3 Å². The Kier molecular flexibility index (Phi) is 5.96. The van der Waals surface area contributed by atoms with Gasteiger partial charge in [-0.1, -0.05) is 6.07 Å². The molecule has 7 unspecified atom stereocenters. The zero-order valence-corrected chi connectivity index (χ0v) is 19.6. The van der Waals surface area contributed by atoms with Gasteiger partial charge in [-0.05, 0) is 62.1 Å². The van der Waals surface area contributed by atoms with Crippen molar-refractivity contribution in [1.29, 1.82) is 5.26 Å². The molecule has 8 heteroatoms. The van der Waals surface area contributed by atoms with E-state index in [0.29, 0.717) is 35.6 Å². The number of ether oxygens (including phenoxy) is 1. The van der Waals surface area contributed by atoms with E-state index < -0.39 is 6.04 Å². The smallest absolute Gasteiger partial charge is 0.238 e. The van der Waals surface area contributed by atoms with E-state index in [2.05, 4.69) is 26.5 Å². The van der Waals surface area contributed by atoms with E-state index in [1.54, 1.807) is 12.1 Å². The number of nitrogens with one attached hydrogen (secondary N) is 2. The van der Waals surface area contributed by atoms with Gasteiger partial charge >= 0.3 is 0 Å². The van der Waals surface area contributed by atoms with Crippen LogP contribution in [0.2, 0.25) is 0 Å². The molecule has 6 rings (SSSR count). The number of hydrogen-bond donors (Lipinski definition) is 2. The molecule has 5 fully saturated rings. The largest absolute Gasteiger partial charge is 0.380 e. The van der Waals surface area contributed by atoms with Gasteiger partial charge in [0, 0.05) is 56.0 Å². The van der Waals surface area contributed by atoms with Crippen molar-refractivity contribution in [3.63, 3.8) is 0 Å². The first-order valence-corrected chi connectivity index (χ1v) is 12.9. The Balaban J connectivity index is 1.10. The summed E-state index contributed by atoms with van der Waals surface area (Å²) in [5.41, 5.74) is 1.41. The molecule has 1 aromatic rings. The van der Waals surface area contributed by atoms with Crippen LogP contribution in [0.25, 0.3) is 0 Å². The van der Waals surface area contributed by atoms with Crippen LogP contribution in [0.3, 0.4) is 0 Å². The SMILES string of the molecule is N#CC(Cc1ccc(N2C3CCC2CN(C2CCOC2)C3)cc1F)NC(=O)C1NC2CCC1C2. The predicted molar refractivity (Wildman–Crippen MR) is 126 cm³/mol. The van der Waals surface area contributed by atoms with E-state index in [9.17, 15) is 10.1 Å². The summed E-state index contributed by atoms with van der Waals surface area (Å²) in [6, 6.07) is 8.39. The van der Waals surface area contributed by atoms with Crippen molar-refractivity contribution in [1.82, 2.24) is 15.5 Å². The molecule has 1 saturated carbocycles. The Morgan fingerprint density at radius 2 is 2.03 bits per heavy atom. The van der Waals surface area contributed by atoms with E-state index in [4.69, 9.17) is 4.74 Å². The van der Waals surface area contributed by atoms with Crippen LogP contribution in [0, 0.1) is 23.1 Å². The van der Waals surface area contributed by atoms with E-state index in [0.717, 1.165) is 70.5 Å². The summed E-state index contributed by atoms with van der Waals surface area (Å²) in [4.78, 5) is 17.7. The average Bonchev–Trinajstić information content (AvgIpc) is 3.64. The number of carbonyl (C=O) groups excluding carboxylic acids is 1. The van der Waals surface area contributed by atoms with Crippen molar-refractivity contribution in [3.8, 4) is 6.07 Å². The molecule has 34 heavy (non-hydrogen) atoms. The Morgan fingerprint density at radius 3 is 2.65 bits per heavy atom. The monoisotopic (exact) mass is 467 g/mol. The second-order valence-corrected chi connectivity index (χ2v) is 10.8. The molecule has 1 amide bonds. The van der Waals surface area contributed by atoms with Crippen molar-refractivity contribution >= 4 is 11.6 Å². The third-order valence-corrected chi connectivity index (χ3v) is 8.81.